The number of aryl methyl sites for hydroxylation is 1. The second kappa shape index (κ2) is 3.70. The third-order valence-corrected chi connectivity index (χ3v) is 4.07. The standard InChI is InChI=1S/C15H16N4/c1-9-5-6-13-18-12-7-17-14-10(3-2-4-11(14)16)15(12)19(13)8-9/h2-4,7,9H,5-6,8,16H2,1H3. The van der Waals surface area contributed by atoms with Gasteiger partial charge in [-0.1, -0.05) is 19.1 Å². The minimum Gasteiger partial charge on any atom is -0.397 e. The Morgan fingerprint density at radius 2 is 2.26 bits per heavy atom. The summed E-state index contributed by atoms with van der Waals surface area (Å²) in [5.41, 5.74) is 9.83. The van der Waals surface area contributed by atoms with Crippen molar-refractivity contribution < 1.29 is 0 Å². The van der Waals surface area contributed by atoms with E-state index in [4.69, 9.17) is 10.7 Å². The summed E-state index contributed by atoms with van der Waals surface area (Å²) in [4.78, 5) is 9.20. The molecule has 4 rings (SSSR count). The van der Waals surface area contributed by atoms with Crippen LogP contribution in [-0.2, 0) is 13.0 Å². The smallest absolute Gasteiger partial charge is 0.109 e. The first-order chi connectivity index (χ1) is 9.24. The van der Waals surface area contributed by atoms with Gasteiger partial charge in [0.05, 0.1) is 22.9 Å². The number of aromatic nitrogens is 3. The number of hydrogen-bond donors (Lipinski definition) is 1. The van der Waals surface area contributed by atoms with Crippen molar-refractivity contribution in [3.63, 3.8) is 0 Å². The number of nitrogen functional groups attached to an aromatic ring is 1. The zero-order valence-corrected chi connectivity index (χ0v) is 10.9. The Morgan fingerprint density at radius 1 is 1.37 bits per heavy atom. The van der Waals surface area contributed by atoms with E-state index in [1.54, 1.807) is 0 Å². The molecule has 1 aliphatic rings. The molecule has 0 fully saturated rings. The van der Waals surface area contributed by atoms with E-state index in [2.05, 4.69) is 22.5 Å². The van der Waals surface area contributed by atoms with E-state index in [0.717, 1.165) is 35.1 Å². The molecular formula is C15H16N4. The molecule has 4 nitrogen and oxygen atoms in total. The Balaban J connectivity index is 2.15. The summed E-state index contributed by atoms with van der Waals surface area (Å²) in [5, 5.41) is 1.12. The number of pyridine rings is 1. The van der Waals surface area contributed by atoms with Crippen LogP contribution in [0, 0.1) is 5.92 Å². The molecule has 1 unspecified atom stereocenters. The van der Waals surface area contributed by atoms with E-state index in [1.165, 1.54) is 17.8 Å². The van der Waals surface area contributed by atoms with Gasteiger partial charge < -0.3 is 10.3 Å². The molecule has 0 bridgehead atoms. The topological polar surface area (TPSA) is 56.7 Å². The maximum atomic E-state index is 6.03. The van der Waals surface area contributed by atoms with Gasteiger partial charge in [-0.25, -0.2) is 4.98 Å². The number of hydrogen-bond acceptors (Lipinski definition) is 3. The fraction of sp³-hybridized carbons (Fsp3) is 0.333. The van der Waals surface area contributed by atoms with E-state index >= 15 is 0 Å². The highest BCUT2D eigenvalue weighted by Crippen LogP contribution is 2.31. The Bertz CT molecular complexity index is 788. The van der Waals surface area contributed by atoms with Crippen LogP contribution < -0.4 is 5.73 Å². The maximum absolute atomic E-state index is 6.03. The molecule has 4 heteroatoms. The van der Waals surface area contributed by atoms with Gasteiger partial charge in [-0.3, -0.25) is 4.98 Å². The second-order valence-corrected chi connectivity index (χ2v) is 5.52. The minimum atomic E-state index is 0.703. The van der Waals surface area contributed by atoms with E-state index in [-0.39, 0.29) is 0 Å². The van der Waals surface area contributed by atoms with Gasteiger partial charge in [0.15, 0.2) is 0 Å². The number of rotatable bonds is 0. The molecular weight excluding hydrogens is 236 g/mol. The molecule has 0 spiro atoms. The van der Waals surface area contributed by atoms with Gasteiger partial charge in [0.25, 0.3) is 0 Å². The van der Waals surface area contributed by atoms with Crippen LogP contribution in [-0.4, -0.2) is 14.5 Å². The predicted octanol–water partition coefficient (Wildman–Crippen LogP) is 2.75. The lowest BCUT2D eigenvalue weighted by Gasteiger charge is -2.21. The number of para-hydroxylation sites is 1. The van der Waals surface area contributed by atoms with Crippen molar-refractivity contribution in [2.24, 2.45) is 5.92 Å². The van der Waals surface area contributed by atoms with E-state index in [1.807, 2.05) is 18.3 Å². The van der Waals surface area contributed by atoms with Crippen LogP contribution in [0.25, 0.3) is 21.9 Å². The zero-order chi connectivity index (χ0) is 13.0. The van der Waals surface area contributed by atoms with Gasteiger partial charge in [0.2, 0.25) is 0 Å². The molecule has 0 aliphatic carbocycles. The molecule has 1 atom stereocenters. The van der Waals surface area contributed by atoms with Crippen LogP contribution >= 0.6 is 0 Å². The number of anilines is 1. The van der Waals surface area contributed by atoms with Crippen molar-refractivity contribution in [2.45, 2.75) is 26.3 Å². The van der Waals surface area contributed by atoms with Gasteiger partial charge in [0.1, 0.15) is 11.3 Å². The fourth-order valence-corrected chi connectivity index (χ4v) is 3.08. The lowest BCUT2D eigenvalue weighted by molar-refractivity contribution is 0.401. The van der Waals surface area contributed by atoms with E-state index in [0.29, 0.717) is 5.92 Å². The number of fused-ring (bicyclic) bond motifs is 5. The third-order valence-electron chi connectivity index (χ3n) is 4.07. The van der Waals surface area contributed by atoms with Crippen LogP contribution in [0.1, 0.15) is 19.2 Å². The van der Waals surface area contributed by atoms with Gasteiger partial charge >= 0.3 is 0 Å². The molecule has 3 heterocycles. The van der Waals surface area contributed by atoms with Crippen LogP contribution in [0.5, 0.6) is 0 Å². The average molecular weight is 252 g/mol. The summed E-state index contributed by atoms with van der Waals surface area (Å²) in [6.07, 6.45) is 4.13. The lowest BCUT2D eigenvalue weighted by Crippen LogP contribution is -2.17. The van der Waals surface area contributed by atoms with E-state index in [9.17, 15) is 0 Å². The number of nitrogens with zero attached hydrogens (tertiary/aromatic N) is 3. The Kier molecular flexibility index (Phi) is 2.10. The zero-order valence-electron chi connectivity index (χ0n) is 10.9. The molecule has 96 valence electrons. The minimum absolute atomic E-state index is 0.703. The van der Waals surface area contributed by atoms with Gasteiger partial charge in [-0.15, -0.1) is 0 Å². The van der Waals surface area contributed by atoms with E-state index < -0.39 is 0 Å². The quantitative estimate of drug-likeness (QED) is 0.626. The Morgan fingerprint density at radius 3 is 3.16 bits per heavy atom. The molecule has 3 aromatic rings. The average Bonchev–Trinajstić information content (AvgIpc) is 2.77. The van der Waals surface area contributed by atoms with Crippen LogP contribution in [0.3, 0.4) is 0 Å². The summed E-state index contributed by atoms with van der Waals surface area (Å²) >= 11 is 0. The second-order valence-electron chi connectivity index (χ2n) is 5.52. The molecule has 2 N–H and O–H groups in total. The van der Waals surface area contributed by atoms with Crippen LogP contribution in [0.2, 0.25) is 0 Å². The first-order valence-corrected chi connectivity index (χ1v) is 6.76. The first kappa shape index (κ1) is 10.8. The highest BCUT2D eigenvalue weighted by Gasteiger charge is 2.20. The molecule has 1 aromatic carbocycles. The summed E-state index contributed by atoms with van der Waals surface area (Å²) in [5.74, 6) is 1.89. The predicted molar refractivity (Wildman–Crippen MR) is 76.9 cm³/mol. The van der Waals surface area contributed by atoms with Gasteiger partial charge in [0, 0.05) is 18.4 Å². The van der Waals surface area contributed by atoms with Crippen LogP contribution in [0.15, 0.2) is 24.4 Å². The molecule has 0 amide bonds. The van der Waals surface area contributed by atoms with Gasteiger partial charge in [-0.05, 0) is 18.4 Å². The van der Waals surface area contributed by atoms with Crippen molar-refractivity contribution in [3.8, 4) is 0 Å². The van der Waals surface area contributed by atoms with Crippen molar-refractivity contribution in [1.29, 1.82) is 0 Å². The highest BCUT2D eigenvalue weighted by atomic mass is 15.1. The molecule has 19 heavy (non-hydrogen) atoms. The third kappa shape index (κ3) is 1.46. The largest absolute Gasteiger partial charge is 0.397 e. The molecule has 0 radical (unpaired) electrons. The summed E-state index contributed by atoms with van der Waals surface area (Å²) in [7, 11) is 0. The Hall–Kier alpha value is -2.10. The lowest BCUT2D eigenvalue weighted by atomic mass is 10.0. The molecule has 1 aliphatic heterocycles. The van der Waals surface area contributed by atoms with Crippen molar-refractivity contribution in [2.75, 3.05) is 5.73 Å². The molecule has 0 saturated heterocycles. The SMILES string of the molecule is CC1CCc2nc3cnc4c(N)cccc4c3n2C1. The number of nitrogens with two attached hydrogens (primary N) is 1. The fourth-order valence-electron chi connectivity index (χ4n) is 3.08. The summed E-state index contributed by atoms with van der Waals surface area (Å²) in [6, 6.07) is 5.98. The first-order valence-electron chi connectivity index (χ1n) is 6.76. The summed E-state index contributed by atoms with van der Waals surface area (Å²) < 4.78 is 2.35. The maximum Gasteiger partial charge on any atom is 0.109 e. The molecule has 0 saturated carbocycles. The normalized spacial score (nSPS) is 18.9. The number of benzene rings is 1. The van der Waals surface area contributed by atoms with Crippen molar-refractivity contribution >= 4 is 27.6 Å². The molecule has 2 aromatic heterocycles. The van der Waals surface area contributed by atoms with Gasteiger partial charge in [-0.2, -0.15) is 0 Å². The number of imidazole rings is 1. The monoisotopic (exact) mass is 252 g/mol. The summed E-state index contributed by atoms with van der Waals surface area (Å²) in [6.45, 7) is 3.34. The van der Waals surface area contributed by atoms with Crippen molar-refractivity contribution in [1.82, 2.24) is 14.5 Å². The van der Waals surface area contributed by atoms with Crippen molar-refractivity contribution in [3.05, 3.63) is 30.2 Å². The highest BCUT2D eigenvalue weighted by molar-refractivity contribution is 6.06. The Labute approximate surface area is 111 Å². The van der Waals surface area contributed by atoms with Crippen LogP contribution in [0.4, 0.5) is 5.69 Å².